The highest BCUT2D eigenvalue weighted by molar-refractivity contribution is 5.95. The first kappa shape index (κ1) is 16.2. The summed E-state index contributed by atoms with van der Waals surface area (Å²) in [5, 5.41) is 8.50. The first-order valence-electron chi connectivity index (χ1n) is 6.85. The van der Waals surface area contributed by atoms with Crippen molar-refractivity contribution in [1.82, 2.24) is 10.6 Å². The van der Waals surface area contributed by atoms with Crippen molar-refractivity contribution in [2.75, 3.05) is 11.9 Å². The number of carbonyl (C=O) groups excluding carboxylic acids is 2. The molecule has 5 heteroatoms. The van der Waals surface area contributed by atoms with Gasteiger partial charge in [-0.2, -0.15) is 0 Å². The molecule has 3 N–H and O–H groups in total. The molecule has 2 amide bonds. The number of anilines is 1. The fraction of sp³-hybridized carbons (Fsp3) is 0.467. The minimum Gasteiger partial charge on any atom is -0.355 e. The maximum Gasteiger partial charge on any atom is 0.241 e. The summed E-state index contributed by atoms with van der Waals surface area (Å²) >= 11 is 0. The molecule has 0 spiro atoms. The number of amides is 2. The van der Waals surface area contributed by atoms with E-state index in [9.17, 15) is 9.59 Å². The van der Waals surface area contributed by atoms with Gasteiger partial charge in [0.15, 0.2) is 0 Å². The van der Waals surface area contributed by atoms with E-state index in [1.165, 1.54) is 0 Å². The molecule has 0 heterocycles. The number of rotatable bonds is 6. The van der Waals surface area contributed by atoms with Crippen molar-refractivity contribution in [2.24, 2.45) is 0 Å². The lowest BCUT2D eigenvalue weighted by Crippen LogP contribution is -2.49. The van der Waals surface area contributed by atoms with Gasteiger partial charge in [0.1, 0.15) is 0 Å². The number of hydrogen-bond donors (Lipinski definition) is 3. The second-order valence-electron chi connectivity index (χ2n) is 4.86. The van der Waals surface area contributed by atoms with Crippen LogP contribution < -0.4 is 16.0 Å². The zero-order valence-corrected chi connectivity index (χ0v) is 12.5. The number of carbonyl (C=O) groups is 2. The van der Waals surface area contributed by atoms with Gasteiger partial charge >= 0.3 is 0 Å². The zero-order chi connectivity index (χ0) is 15.1. The maximum absolute atomic E-state index is 12.0. The van der Waals surface area contributed by atoms with Crippen LogP contribution in [0.4, 0.5) is 5.69 Å². The Morgan fingerprint density at radius 1 is 1.05 bits per heavy atom. The quantitative estimate of drug-likeness (QED) is 0.737. The second kappa shape index (κ2) is 7.65. The molecule has 0 aliphatic heterocycles. The Morgan fingerprint density at radius 2 is 1.60 bits per heavy atom. The average molecular weight is 277 g/mol. The van der Waals surface area contributed by atoms with Gasteiger partial charge in [-0.1, -0.05) is 17.7 Å². The highest BCUT2D eigenvalue weighted by Gasteiger charge is 2.19. The van der Waals surface area contributed by atoms with Gasteiger partial charge in [0.05, 0.1) is 12.1 Å². The molecular weight excluding hydrogens is 254 g/mol. The van der Waals surface area contributed by atoms with Crippen LogP contribution in [0, 0.1) is 6.92 Å². The normalized spacial score (nSPS) is 13.4. The molecule has 0 fully saturated rings. The Hall–Kier alpha value is -1.88. The third-order valence-corrected chi connectivity index (χ3v) is 2.96. The summed E-state index contributed by atoms with van der Waals surface area (Å²) in [4.78, 5) is 23.6. The van der Waals surface area contributed by atoms with Crippen molar-refractivity contribution in [2.45, 2.75) is 39.8 Å². The molecule has 1 aromatic carbocycles. The number of benzene rings is 1. The van der Waals surface area contributed by atoms with Crippen LogP contribution in [-0.2, 0) is 9.59 Å². The Morgan fingerprint density at radius 3 is 2.15 bits per heavy atom. The summed E-state index contributed by atoms with van der Waals surface area (Å²) in [5.74, 6) is -0.271. The van der Waals surface area contributed by atoms with Gasteiger partial charge in [0, 0.05) is 12.2 Å². The molecule has 110 valence electrons. The van der Waals surface area contributed by atoms with Crippen LogP contribution in [0.5, 0.6) is 0 Å². The van der Waals surface area contributed by atoms with Crippen LogP contribution in [-0.4, -0.2) is 30.4 Å². The summed E-state index contributed by atoms with van der Waals surface area (Å²) in [7, 11) is 0. The summed E-state index contributed by atoms with van der Waals surface area (Å²) < 4.78 is 0. The molecule has 0 aliphatic carbocycles. The predicted molar refractivity (Wildman–Crippen MR) is 80.6 cm³/mol. The SMILES string of the molecule is CCNC(=O)C(C)NC(C)C(=O)Nc1ccc(C)cc1. The van der Waals surface area contributed by atoms with Crippen molar-refractivity contribution in [3.8, 4) is 0 Å². The fourth-order valence-corrected chi connectivity index (χ4v) is 1.74. The number of aryl methyl sites for hydroxylation is 1. The van der Waals surface area contributed by atoms with Crippen molar-refractivity contribution in [3.05, 3.63) is 29.8 Å². The molecule has 0 bridgehead atoms. The van der Waals surface area contributed by atoms with E-state index in [2.05, 4.69) is 16.0 Å². The number of likely N-dealkylation sites (N-methyl/N-ethyl adjacent to an activating group) is 1. The highest BCUT2D eigenvalue weighted by Crippen LogP contribution is 2.08. The standard InChI is InChI=1S/C15H23N3O2/c1-5-16-14(19)11(3)17-12(4)15(20)18-13-8-6-10(2)7-9-13/h6-9,11-12,17H,5H2,1-4H3,(H,16,19)(H,18,20). The molecule has 2 atom stereocenters. The molecule has 5 nitrogen and oxygen atoms in total. The Balaban J connectivity index is 2.50. The van der Waals surface area contributed by atoms with E-state index in [4.69, 9.17) is 0 Å². The number of hydrogen-bond acceptors (Lipinski definition) is 3. The first-order chi connectivity index (χ1) is 9.43. The van der Waals surface area contributed by atoms with E-state index in [1.54, 1.807) is 13.8 Å². The lowest BCUT2D eigenvalue weighted by molar-refractivity contribution is -0.123. The number of nitrogens with one attached hydrogen (secondary N) is 3. The minimum absolute atomic E-state index is 0.109. The van der Waals surface area contributed by atoms with Crippen molar-refractivity contribution >= 4 is 17.5 Å². The molecule has 0 aromatic heterocycles. The maximum atomic E-state index is 12.0. The van der Waals surface area contributed by atoms with Crippen LogP contribution in [0.3, 0.4) is 0 Å². The average Bonchev–Trinajstić information content (AvgIpc) is 2.41. The molecular formula is C15H23N3O2. The third kappa shape index (κ3) is 5.01. The summed E-state index contributed by atoms with van der Waals surface area (Å²) in [6.07, 6.45) is 0. The highest BCUT2D eigenvalue weighted by atomic mass is 16.2. The molecule has 2 unspecified atom stereocenters. The second-order valence-corrected chi connectivity index (χ2v) is 4.86. The Labute approximate surface area is 120 Å². The molecule has 1 aromatic rings. The van der Waals surface area contributed by atoms with Crippen molar-refractivity contribution < 1.29 is 9.59 Å². The fourth-order valence-electron chi connectivity index (χ4n) is 1.74. The smallest absolute Gasteiger partial charge is 0.241 e. The Kier molecular flexibility index (Phi) is 6.18. The van der Waals surface area contributed by atoms with Gasteiger partial charge in [0.2, 0.25) is 11.8 Å². The largest absolute Gasteiger partial charge is 0.355 e. The van der Waals surface area contributed by atoms with Gasteiger partial charge < -0.3 is 10.6 Å². The van der Waals surface area contributed by atoms with Crippen LogP contribution in [0.2, 0.25) is 0 Å². The van der Waals surface area contributed by atoms with E-state index in [0.29, 0.717) is 6.54 Å². The monoisotopic (exact) mass is 277 g/mol. The lowest BCUT2D eigenvalue weighted by atomic mass is 10.2. The van der Waals surface area contributed by atoms with Crippen LogP contribution in [0.1, 0.15) is 26.3 Å². The van der Waals surface area contributed by atoms with Gasteiger partial charge in [-0.05, 0) is 39.8 Å². The first-order valence-corrected chi connectivity index (χ1v) is 6.85. The van der Waals surface area contributed by atoms with E-state index in [1.807, 2.05) is 38.1 Å². The molecule has 20 heavy (non-hydrogen) atoms. The topological polar surface area (TPSA) is 70.2 Å². The van der Waals surface area contributed by atoms with E-state index in [0.717, 1.165) is 11.3 Å². The van der Waals surface area contributed by atoms with Gasteiger partial charge in [0.25, 0.3) is 0 Å². The van der Waals surface area contributed by atoms with E-state index in [-0.39, 0.29) is 11.8 Å². The van der Waals surface area contributed by atoms with Crippen molar-refractivity contribution in [3.63, 3.8) is 0 Å². The van der Waals surface area contributed by atoms with Gasteiger partial charge in [-0.25, -0.2) is 0 Å². The summed E-state index contributed by atoms with van der Waals surface area (Å²) in [6, 6.07) is 6.72. The molecule has 0 aliphatic rings. The molecule has 0 saturated carbocycles. The lowest BCUT2D eigenvalue weighted by Gasteiger charge is -2.19. The summed E-state index contributed by atoms with van der Waals surface area (Å²) in [6.45, 7) is 7.90. The zero-order valence-electron chi connectivity index (χ0n) is 12.5. The van der Waals surface area contributed by atoms with E-state index < -0.39 is 12.1 Å². The van der Waals surface area contributed by atoms with Gasteiger partial charge in [-0.15, -0.1) is 0 Å². The molecule has 0 radical (unpaired) electrons. The third-order valence-electron chi connectivity index (χ3n) is 2.96. The van der Waals surface area contributed by atoms with Crippen molar-refractivity contribution in [1.29, 1.82) is 0 Å². The summed E-state index contributed by atoms with van der Waals surface area (Å²) in [5.41, 5.74) is 1.89. The van der Waals surface area contributed by atoms with Crippen LogP contribution in [0.25, 0.3) is 0 Å². The minimum atomic E-state index is -0.450. The molecule has 1 rings (SSSR count). The van der Waals surface area contributed by atoms with E-state index >= 15 is 0 Å². The molecule has 0 saturated heterocycles. The Bertz CT molecular complexity index is 457. The van der Waals surface area contributed by atoms with Crippen LogP contribution in [0.15, 0.2) is 24.3 Å². The predicted octanol–water partition coefficient (Wildman–Crippen LogP) is 1.44. The van der Waals surface area contributed by atoms with Gasteiger partial charge in [-0.3, -0.25) is 14.9 Å². The van der Waals surface area contributed by atoms with Crippen LogP contribution >= 0.6 is 0 Å².